The predicted octanol–water partition coefficient (Wildman–Crippen LogP) is 1.78. The van der Waals surface area contributed by atoms with Gasteiger partial charge < -0.3 is 10.3 Å². The van der Waals surface area contributed by atoms with Gasteiger partial charge in [-0.25, -0.2) is 0 Å². The number of hydrogen-bond acceptors (Lipinski definition) is 3. The standard InChI is InChI=1S/C14H17N3O.2ClH/c18-14-9-11(10-17-7-5-15-6-8-17)12-3-1-2-4-13(12)16-14;;/h1-4,9,15H,5-8,10H2,(H,16,18);2*1H. The van der Waals surface area contributed by atoms with Gasteiger partial charge in [0.15, 0.2) is 0 Å². The van der Waals surface area contributed by atoms with Crippen molar-refractivity contribution in [3.63, 3.8) is 0 Å². The highest BCUT2D eigenvalue weighted by molar-refractivity contribution is 5.85. The van der Waals surface area contributed by atoms with E-state index in [-0.39, 0.29) is 30.4 Å². The van der Waals surface area contributed by atoms with Crippen molar-refractivity contribution in [3.05, 3.63) is 46.2 Å². The van der Waals surface area contributed by atoms with Crippen LogP contribution in [0, 0.1) is 0 Å². The molecule has 0 aliphatic carbocycles. The smallest absolute Gasteiger partial charge is 0.248 e. The number of piperazine rings is 1. The monoisotopic (exact) mass is 315 g/mol. The quantitative estimate of drug-likeness (QED) is 0.888. The van der Waals surface area contributed by atoms with Crippen LogP contribution in [-0.4, -0.2) is 36.1 Å². The van der Waals surface area contributed by atoms with Crippen molar-refractivity contribution < 1.29 is 0 Å². The van der Waals surface area contributed by atoms with E-state index >= 15 is 0 Å². The van der Waals surface area contributed by atoms with Crippen LogP contribution >= 0.6 is 24.8 Å². The molecule has 0 atom stereocenters. The fourth-order valence-electron chi connectivity index (χ4n) is 2.52. The molecule has 1 aliphatic rings. The van der Waals surface area contributed by atoms with Crippen LogP contribution in [-0.2, 0) is 6.54 Å². The molecule has 0 spiro atoms. The number of aromatic nitrogens is 1. The Balaban J connectivity index is 0.000001000. The first-order valence-electron chi connectivity index (χ1n) is 6.37. The van der Waals surface area contributed by atoms with Gasteiger partial charge in [-0.15, -0.1) is 24.8 Å². The zero-order valence-corrected chi connectivity index (χ0v) is 12.7. The maximum Gasteiger partial charge on any atom is 0.248 e. The molecule has 20 heavy (non-hydrogen) atoms. The molecule has 1 aromatic carbocycles. The van der Waals surface area contributed by atoms with E-state index in [9.17, 15) is 4.79 Å². The molecular weight excluding hydrogens is 297 g/mol. The minimum Gasteiger partial charge on any atom is -0.322 e. The number of nitrogens with one attached hydrogen (secondary N) is 2. The van der Waals surface area contributed by atoms with E-state index in [2.05, 4.69) is 21.3 Å². The van der Waals surface area contributed by atoms with E-state index in [1.165, 1.54) is 0 Å². The third-order valence-electron chi connectivity index (χ3n) is 3.44. The Labute approximate surface area is 130 Å². The van der Waals surface area contributed by atoms with Gasteiger partial charge >= 0.3 is 0 Å². The molecule has 1 aromatic heterocycles. The summed E-state index contributed by atoms with van der Waals surface area (Å²) in [5.74, 6) is 0. The van der Waals surface area contributed by atoms with Crippen LogP contribution in [0.15, 0.2) is 35.1 Å². The van der Waals surface area contributed by atoms with Crippen LogP contribution in [0.5, 0.6) is 0 Å². The molecule has 0 amide bonds. The van der Waals surface area contributed by atoms with Crippen LogP contribution in [0.25, 0.3) is 10.9 Å². The number of aromatic amines is 1. The molecule has 4 nitrogen and oxygen atoms in total. The first kappa shape index (κ1) is 17.0. The molecule has 3 rings (SSSR count). The Morgan fingerprint density at radius 3 is 2.55 bits per heavy atom. The lowest BCUT2D eigenvalue weighted by molar-refractivity contribution is 0.234. The molecule has 2 aromatic rings. The maximum absolute atomic E-state index is 11.7. The lowest BCUT2D eigenvalue weighted by Gasteiger charge is -2.27. The average Bonchev–Trinajstić information content (AvgIpc) is 2.40. The van der Waals surface area contributed by atoms with Gasteiger partial charge in [0, 0.05) is 49.7 Å². The van der Waals surface area contributed by atoms with Crippen LogP contribution in [0.1, 0.15) is 5.56 Å². The normalized spacial score (nSPS) is 15.4. The van der Waals surface area contributed by atoms with Gasteiger partial charge in [0.2, 0.25) is 5.56 Å². The first-order valence-corrected chi connectivity index (χ1v) is 6.37. The van der Waals surface area contributed by atoms with Gasteiger partial charge in [0.05, 0.1) is 0 Å². The summed E-state index contributed by atoms with van der Waals surface area (Å²) in [5, 5.41) is 4.49. The third kappa shape index (κ3) is 3.73. The maximum atomic E-state index is 11.7. The van der Waals surface area contributed by atoms with Gasteiger partial charge in [-0.05, 0) is 11.6 Å². The fourth-order valence-corrected chi connectivity index (χ4v) is 2.52. The lowest BCUT2D eigenvalue weighted by Crippen LogP contribution is -2.43. The Morgan fingerprint density at radius 1 is 1.10 bits per heavy atom. The topological polar surface area (TPSA) is 48.1 Å². The number of rotatable bonds is 2. The number of hydrogen-bond donors (Lipinski definition) is 2. The number of pyridine rings is 1. The summed E-state index contributed by atoms with van der Waals surface area (Å²) in [5.41, 5.74) is 2.03. The molecule has 2 heterocycles. The number of nitrogens with zero attached hydrogens (tertiary/aromatic N) is 1. The van der Waals surface area contributed by atoms with Crippen molar-refractivity contribution in [2.24, 2.45) is 0 Å². The molecular formula is C14H19Cl2N3O. The molecule has 1 aliphatic heterocycles. The van der Waals surface area contributed by atoms with Gasteiger partial charge in [0.25, 0.3) is 0 Å². The second-order valence-electron chi connectivity index (χ2n) is 4.73. The fraction of sp³-hybridized carbons (Fsp3) is 0.357. The van der Waals surface area contributed by atoms with E-state index in [1.807, 2.05) is 18.2 Å². The van der Waals surface area contributed by atoms with Gasteiger partial charge in [-0.2, -0.15) is 0 Å². The molecule has 2 N–H and O–H groups in total. The molecule has 0 unspecified atom stereocenters. The van der Waals surface area contributed by atoms with Crippen LogP contribution in [0.2, 0.25) is 0 Å². The van der Waals surface area contributed by atoms with Gasteiger partial charge in [-0.3, -0.25) is 9.69 Å². The van der Waals surface area contributed by atoms with Crippen LogP contribution in [0.3, 0.4) is 0 Å². The summed E-state index contributed by atoms with van der Waals surface area (Å²) in [6.07, 6.45) is 0. The van der Waals surface area contributed by atoms with E-state index in [4.69, 9.17) is 0 Å². The minimum atomic E-state index is -0.0150. The SMILES string of the molecule is Cl.Cl.O=c1cc(CN2CCNCC2)c2ccccc2[nH]1. The summed E-state index contributed by atoms with van der Waals surface area (Å²) in [6, 6.07) is 9.72. The van der Waals surface area contributed by atoms with E-state index in [0.717, 1.165) is 49.2 Å². The van der Waals surface area contributed by atoms with Crippen molar-refractivity contribution in [2.75, 3.05) is 26.2 Å². The average molecular weight is 316 g/mol. The van der Waals surface area contributed by atoms with Crippen molar-refractivity contribution in [1.29, 1.82) is 0 Å². The molecule has 6 heteroatoms. The summed E-state index contributed by atoms with van der Waals surface area (Å²) in [6.45, 7) is 5.00. The molecule has 0 saturated carbocycles. The Hall–Kier alpha value is -1.07. The summed E-state index contributed by atoms with van der Waals surface area (Å²) >= 11 is 0. The van der Waals surface area contributed by atoms with Gasteiger partial charge in [0.1, 0.15) is 0 Å². The Kier molecular flexibility index (Phi) is 6.49. The highest BCUT2D eigenvalue weighted by atomic mass is 35.5. The zero-order valence-electron chi connectivity index (χ0n) is 11.1. The third-order valence-corrected chi connectivity index (χ3v) is 3.44. The van der Waals surface area contributed by atoms with Crippen molar-refractivity contribution in [3.8, 4) is 0 Å². The predicted molar refractivity (Wildman–Crippen MR) is 87.2 cm³/mol. The number of fused-ring (bicyclic) bond motifs is 1. The molecule has 1 saturated heterocycles. The largest absolute Gasteiger partial charge is 0.322 e. The highest BCUT2D eigenvalue weighted by Crippen LogP contribution is 2.16. The highest BCUT2D eigenvalue weighted by Gasteiger charge is 2.12. The van der Waals surface area contributed by atoms with Crippen molar-refractivity contribution in [1.82, 2.24) is 15.2 Å². The lowest BCUT2D eigenvalue weighted by atomic mass is 10.1. The molecule has 110 valence electrons. The van der Waals surface area contributed by atoms with Gasteiger partial charge in [-0.1, -0.05) is 18.2 Å². The number of para-hydroxylation sites is 1. The molecule has 0 radical (unpaired) electrons. The Bertz CT molecular complexity index is 609. The first-order chi connectivity index (χ1) is 8.83. The number of benzene rings is 1. The minimum absolute atomic E-state index is 0. The van der Waals surface area contributed by atoms with Crippen LogP contribution < -0.4 is 10.9 Å². The van der Waals surface area contributed by atoms with E-state index < -0.39 is 0 Å². The summed E-state index contributed by atoms with van der Waals surface area (Å²) < 4.78 is 0. The second-order valence-corrected chi connectivity index (χ2v) is 4.73. The molecule has 0 bridgehead atoms. The van der Waals surface area contributed by atoms with E-state index in [0.29, 0.717) is 0 Å². The van der Waals surface area contributed by atoms with Crippen molar-refractivity contribution in [2.45, 2.75) is 6.54 Å². The summed E-state index contributed by atoms with van der Waals surface area (Å²) in [7, 11) is 0. The second kappa shape index (κ2) is 7.64. The number of H-pyrrole nitrogens is 1. The van der Waals surface area contributed by atoms with E-state index in [1.54, 1.807) is 6.07 Å². The Morgan fingerprint density at radius 2 is 1.80 bits per heavy atom. The summed E-state index contributed by atoms with van der Waals surface area (Å²) in [4.78, 5) is 16.9. The molecule has 1 fully saturated rings. The number of halogens is 2. The zero-order chi connectivity index (χ0) is 12.4. The van der Waals surface area contributed by atoms with Crippen molar-refractivity contribution >= 4 is 35.7 Å². The van der Waals surface area contributed by atoms with Crippen LogP contribution in [0.4, 0.5) is 0 Å².